The van der Waals surface area contributed by atoms with Crippen LogP contribution in [0.2, 0.25) is 0 Å². The van der Waals surface area contributed by atoms with Crippen molar-refractivity contribution in [3.63, 3.8) is 0 Å². The third-order valence-corrected chi connectivity index (χ3v) is 6.52. The first-order chi connectivity index (χ1) is 11.5. The molecule has 2 aromatic rings. The van der Waals surface area contributed by atoms with E-state index in [0.717, 1.165) is 16.7 Å². The van der Waals surface area contributed by atoms with Gasteiger partial charge in [-0.2, -0.15) is 0 Å². The second-order valence-electron chi connectivity index (χ2n) is 6.86. The SMILES string of the molecule is COc1cc2c(cc1OC)[C@H]1[C@@H](C2=O)c2ccccc2SC1(C)C. The number of ether oxygens (including phenoxy) is 2. The van der Waals surface area contributed by atoms with Gasteiger partial charge in [-0.05, 0) is 43.2 Å². The van der Waals surface area contributed by atoms with Gasteiger partial charge in [0.2, 0.25) is 0 Å². The van der Waals surface area contributed by atoms with Gasteiger partial charge in [0, 0.05) is 21.1 Å². The molecule has 0 aromatic heterocycles. The Morgan fingerprint density at radius 3 is 2.38 bits per heavy atom. The van der Waals surface area contributed by atoms with Crippen LogP contribution in [0.25, 0.3) is 0 Å². The van der Waals surface area contributed by atoms with Crippen molar-refractivity contribution in [2.45, 2.75) is 35.3 Å². The van der Waals surface area contributed by atoms with Gasteiger partial charge in [-0.3, -0.25) is 4.79 Å². The predicted octanol–water partition coefficient (Wildman–Crippen LogP) is 4.65. The molecule has 3 nitrogen and oxygen atoms in total. The van der Waals surface area contributed by atoms with Crippen molar-refractivity contribution in [3.05, 3.63) is 53.1 Å². The highest BCUT2D eigenvalue weighted by atomic mass is 32.2. The Hall–Kier alpha value is -1.94. The first kappa shape index (κ1) is 15.6. The molecule has 1 heterocycles. The van der Waals surface area contributed by atoms with Crippen LogP contribution in [0.3, 0.4) is 0 Å². The highest BCUT2D eigenvalue weighted by Crippen LogP contribution is 2.61. The van der Waals surface area contributed by atoms with Crippen LogP contribution < -0.4 is 9.47 Å². The fraction of sp³-hybridized carbons (Fsp3) is 0.350. The van der Waals surface area contributed by atoms with E-state index in [1.54, 1.807) is 14.2 Å². The molecule has 1 aliphatic heterocycles. The van der Waals surface area contributed by atoms with Crippen molar-refractivity contribution in [1.29, 1.82) is 0 Å². The topological polar surface area (TPSA) is 35.5 Å². The molecule has 2 aliphatic rings. The maximum atomic E-state index is 13.2. The summed E-state index contributed by atoms with van der Waals surface area (Å²) in [6, 6.07) is 12.1. The maximum absolute atomic E-state index is 13.2. The van der Waals surface area contributed by atoms with Gasteiger partial charge >= 0.3 is 0 Å². The van der Waals surface area contributed by atoms with Gasteiger partial charge < -0.3 is 9.47 Å². The van der Waals surface area contributed by atoms with Crippen molar-refractivity contribution in [3.8, 4) is 11.5 Å². The molecule has 0 spiro atoms. The normalized spacial score (nSPS) is 23.2. The number of rotatable bonds is 2. The van der Waals surface area contributed by atoms with Gasteiger partial charge in [-0.25, -0.2) is 0 Å². The minimum absolute atomic E-state index is 0.0699. The summed E-state index contributed by atoms with van der Waals surface area (Å²) in [7, 11) is 3.24. The van der Waals surface area contributed by atoms with Gasteiger partial charge in [0.25, 0.3) is 0 Å². The van der Waals surface area contributed by atoms with Crippen LogP contribution >= 0.6 is 11.8 Å². The third-order valence-electron chi connectivity index (χ3n) is 5.15. The van der Waals surface area contributed by atoms with E-state index in [9.17, 15) is 4.79 Å². The van der Waals surface area contributed by atoms with E-state index in [4.69, 9.17) is 9.47 Å². The summed E-state index contributed by atoms with van der Waals surface area (Å²) in [6.45, 7) is 4.45. The lowest BCUT2D eigenvalue weighted by atomic mass is 9.78. The van der Waals surface area contributed by atoms with E-state index in [2.05, 4.69) is 26.0 Å². The fourth-order valence-electron chi connectivity index (χ4n) is 4.14. The van der Waals surface area contributed by atoms with E-state index < -0.39 is 0 Å². The molecule has 0 amide bonds. The Morgan fingerprint density at radius 2 is 1.67 bits per heavy atom. The molecule has 4 rings (SSSR count). The monoisotopic (exact) mass is 340 g/mol. The number of thioether (sulfide) groups is 1. The molecule has 4 heteroatoms. The molecule has 0 radical (unpaired) electrons. The predicted molar refractivity (Wildman–Crippen MR) is 95.7 cm³/mol. The smallest absolute Gasteiger partial charge is 0.171 e. The summed E-state index contributed by atoms with van der Waals surface area (Å²) >= 11 is 1.86. The van der Waals surface area contributed by atoms with Crippen molar-refractivity contribution >= 4 is 17.5 Å². The molecule has 1 aliphatic carbocycles. The van der Waals surface area contributed by atoms with Crippen molar-refractivity contribution < 1.29 is 14.3 Å². The zero-order valence-electron chi connectivity index (χ0n) is 14.3. The summed E-state index contributed by atoms with van der Waals surface area (Å²) in [5.74, 6) is 1.51. The van der Waals surface area contributed by atoms with Crippen molar-refractivity contribution in [2.24, 2.45) is 0 Å². The molecular weight excluding hydrogens is 320 g/mol. The average Bonchev–Trinajstić information content (AvgIpc) is 2.87. The average molecular weight is 340 g/mol. The molecule has 2 aromatic carbocycles. The van der Waals surface area contributed by atoms with Crippen LogP contribution in [-0.2, 0) is 0 Å². The van der Waals surface area contributed by atoms with E-state index in [1.807, 2.05) is 36.0 Å². The van der Waals surface area contributed by atoms with Crippen LogP contribution in [-0.4, -0.2) is 24.7 Å². The minimum atomic E-state index is -0.121. The molecule has 0 fully saturated rings. The van der Waals surface area contributed by atoms with Gasteiger partial charge in [0.15, 0.2) is 17.3 Å². The Bertz CT molecular complexity index is 841. The second kappa shape index (κ2) is 5.28. The highest BCUT2D eigenvalue weighted by molar-refractivity contribution is 8.00. The lowest BCUT2D eigenvalue weighted by molar-refractivity contribution is 0.0957. The van der Waals surface area contributed by atoms with E-state index in [0.29, 0.717) is 11.5 Å². The molecular formula is C20H20O3S. The minimum Gasteiger partial charge on any atom is -0.493 e. The number of Topliss-reactive ketones (excluding diaryl/α,β-unsaturated/α-hetero) is 1. The van der Waals surface area contributed by atoms with Crippen molar-refractivity contribution in [1.82, 2.24) is 0 Å². The maximum Gasteiger partial charge on any atom is 0.171 e. The summed E-state index contributed by atoms with van der Waals surface area (Å²) in [5.41, 5.74) is 2.99. The van der Waals surface area contributed by atoms with Crippen LogP contribution in [0.15, 0.2) is 41.3 Å². The fourth-order valence-corrected chi connectivity index (χ4v) is 5.55. The number of ketones is 1. The highest BCUT2D eigenvalue weighted by Gasteiger charge is 2.52. The molecule has 0 N–H and O–H groups in total. The molecule has 0 unspecified atom stereocenters. The molecule has 0 saturated carbocycles. The largest absolute Gasteiger partial charge is 0.493 e. The number of methoxy groups -OCH3 is 2. The first-order valence-corrected chi connectivity index (χ1v) is 8.87. The summed E-state index contributed by atoms with van der Waals surface area (Å²) in [5, 5.41) is 0. The standard InChI is InChI=1S/C20H20O3S/c1-20(2)18-12-9-14(22-3)15(23-4)10-13(12)19(21)17(18)11-7-5-6-8-16(11)24-20/h5-10,17-18H,1-4H3/t17-,18-/m0/s1. The second-order valence-corrected chi connectivity index (χ2v) is 8.55. The number of hydrogen-bond donors (Lipinski definition) is 0. The Balaban J connectivity index is 1.96. The quantitative estimate of drug-likeness (QED) is 0.797. The summed E-state index contributed by atoms with van der Waals surface area (Å²) in [4.78, 5) is 14.5. The number of fused-ring (bicyclic) bond motifs is 5. The molecule has 0 bridgehead atoms. The number of carbonyl (C=O) groups is 1. The first-order valence-electron chi connectivity index (χ1n) is 8.06. The van der Waals surface area contributed by atoms with Gasteiger partial charge in [0.1, 0.15) is 0 Å². The van der Waals surface area contributed by atoms with Crippen LogP contribution in [0, 0.1) is 0 Å². The molecule has 124 valence electrons. The summed E-state index contributed by atoms with van der Waals surface area (Å²) < 4.78 is 10.8. The Kier molecular flexibility index (Phi) is 3.43. The van der Waals surface area contributed by atoms with Crippen LogP contribution in [0.5, 0.6) is 11.5 Å². The Labute approximate surface area is 146 Å². The van der Waals surface area contributed by atoms with E-state index >= 15 is 0 Å². The zero-order chi connectivity index (χ0) is 17.1. The lowest BCUT2D eigenvalue weighted by Crippen LogP contribution is -2.33. The zero-order valence-corrected chi connectivity index (χ0v) is 15.1. The van der Waals surface area contributed by atoms with E-state index in [-0.39, 0.29) is 22.4 Å². The lowest BCUT2D eigenvalue weighted by Gasteiger charge is -2.40. The third kappa shape index (κ3) is 2.02. The van der Waals surface area contributed by atoms with Gasteiger partial charge in [-0.15, -0.1) is 11.8 Å². The molecule has 2 atom stereocenters. The number of benzene rings is 2. The van der Waals surface area contributed by atoms with E-state index in [1.165, 1.54) is 4.90 Å². The molecule has 0 saturated heterocycles. The molecule has 24 heavy (non-hydrogen) atoms. The summed E-state index contributed by atoms with van der Waals surface area (Å²) in [6.07, 6.45) is 0. The number of hydrogen-bond acceptors (Lipinski definition) is 4. The van der Waals surface area contributed by atoms with Gasteiger partial charge in [-0.1, -0.05) is 18.2 Å². The Morgan fingerprint density at radius 1 is 1.00 bits per heavy atom. The van der Waals surface area contributed by atoms with Crippen LogP contribution in [0.1, 0.15) is 47.2 Å². The van der Waals surface area contributed by atoms with Gasteiger partial charge in [0.05, 0.1) is 20.1 Å². The van der Waals surface area contributed by atoms with Crippen LogP contribution in [0.4, 0.5) is 0 Å². The number of carbonyl (C=O) groups excluding carboxylic acids is 1. The van der Waals surface area contributed by atoms with Crippen molar-refractivity contribution in [2.75, 3.05) is 14.2 Å².